The van der Waals surface area contributed by atoms with Gasteiger partial charge in [0.25, 0.3) is 0 Å². The van der Waals surface area contributed by atoms with E-state index in [1.165, 1.54) is 6.26 Å². The van der Waals surface area contributed by atoms with Crippen LogP contribution >= 0.6 is 12.4 Å². The highest BCUT2D eigenvalue weighted by Crippen LogP contribution is 2.28. The number of aryl methyl sites for hydroxylation is 1. The minimum Gasteiger partial charge on any atom is -0.384 e. The molecule has 1 aliphatic heterocycles. The summed E-state index contributed by atoms with van der Waals surface area (Å²) in [6.45, 7) is 0.861. The Morgan fingerprint density at radius 3 is 2.73 bits per heavy atom. The molecule has 0 saturated carbocycles. The number of sulfone groups is 1. The largest absolute Gasteiger partial charge is 0.384 e. The highest BCUT2D eigenvalue weighted by atomic mass is 35.5. The number of anilines is 1. The zero-order chi connectivity index (χ0) is 10.2. The molecule has 0 radical (unpaired) electrons. The molecule has 0 unspecified atom stereocenters. The molecule has 84 valence electrons. The highest BCUT2D eigenvalue weighted by Gasteiger charge is 2.18. The lowest BCUT2D eigenvalue weighted by Gasteiger charge is -2.20. The Morgan fingerprint density at radius 1 is 1.33 bits per heavy atom. The summed E-state index contributed by atoms with van der Waals surface area (Å²) in [6, 6.07) is 5.45. The molecular weight excluding hydrogens is 234 g/mol. The van der Waals surface area contributed by atoms with Crippen molar-refractivity contribution in [2.24, 2.45) is 0 Å². The van der Waals surface area contributed by atoms with Gasteiger partial charge in [-0.15, -0.1) is 12.4 Å². The molecule has 0 aliphatic carbocycles. The summed E-state index contributed by atoms with van der Waals surface area (Å²) in [6.07, 6.45) is 3.28. The smallest absolute Gasteiger partial charge is 0.177 e. The summed E-state index contributed by atoms with van der Waals surface area (Å²) in [4.78, 5) is 0.426. The van der Waals surface area contributed by atoms with Crippen molar-refractivity contribution in [1.82, 2.24) is 0 Å². The minimum atomic E-state index is -3.11. The molecule has 0 fully saturated rings. The van der Waals surface area contributed by atoms with E-state index in [1.807, 2.05) is 12.1 Å². The monoisotopic (exact) mass is 247 g/mol. The van der Waals surface area contributed by atoms with Crippen LogP contribution in [0.1, 0.15) is 12.0 Å². The predicted molar refractivity (Wildman–Crippen MR) is 63.6 cm³/mol. The second-order valence-corrected chi connectivity index (χ2v) is 5.58. The molecule has 1 N–H and O–H groups in total. The van der Waals surface area contributed by atoms with E-state index in [9.17, 15) is 8.42 Å². The molecule has 1 aromatic carbocycles. The Balaban J connectivity index is 0.00000112. The van der Waals surface area contributed by atoms with Crippen molar-refractivity contribution in [2.45, 2.75) is 17.7 Å². The van der Waals surface area contributed by atoms with Crippen molar-refractivity contribution in [3.8, 4) is 0 Å². The molecule has 0 saturated heterocycles. The van der Waals surface area contributed by atoms with Crippen molar-refractivity contribution >= 4 is 27.9 Å². The first kappa shape index (κ1) is 12.3. The summed E-state index contributed by atoms with van der Waals surface area (Å²) < 4.78 is 22.9. The molecule has 0 bridgehead atoms. The lowest BCUT2D eigenvalue weighted by atomic mass is 10.0. The van der Waals surface area contributed by atoms with Gasteiger partial charge in [0, 0.05) is 12.8 Å². The van der Waals surface area contributed by atoms with Crippen molar-refractivity contribution in [3.05, 3.63) is 23.8 Å². The van der Waals surface area contributed by atoms with Crippen molar-refractivity contribution in [3.63, 3.8) is 0 Å². The van der Waals surface area contributed by atoms with Crippen LogP contribution in [0.5, 0.6) is 0 Å². The maximum atomic E-state index is 11.5. The maximum Gasteiger partial charge on any atom is 0.177 e. The van der Waals surface area contributed by atoms with Gasteiger partial charge < -0.3 is 5.32 Å². The molecule has 5 heteroatoms. The molecule has 0 aromatic heterocycles. The van der Waals surface area contributed by atoms with Gasteiger partial charge in [0.1, 0.15) is 0 Å². The minimum absolute atomic E-state index is 0. The molecule has 1 aromatic rings. The maximum absolute atomic E-state index is 11.5. The van der Waals surface area contributed by atoms with E-state index in [4.69, 9.17) is 0 Å². The van der Waals surface area contributed by atoms with Gasteiger partial charge in [-0.3, -0.25) is 0 Å². The molecule has 3 nitrogen and oxygen atoms in total. The van der Waals surface area contributed by atoms with Gasteiger partial charge in [-0.1, -0.05) is 12.1 Å². The van der Waals surface area contributed by atoms with Crippen LogP contribution in [-0.2, 0) is 16.3 Å². The third-order valence-electron chi connectivity index (χ3n) is 2.44. The summed E-state index contributed by atoms with van der Waals surface area (Å²) >= 11 is 0. The fraction of sp³-hybridized carbons (Fsp3) is 0.400. The number of benzene rings is 1. The standard InChI is InChI=1S/C10H13NO2S.ClH/c1-14(12,13)9-6-2-4-8-5-3-7-11-10(8)9;/h2,4,6,11H,3,5,7H2,1H3;1H. The summed E-state index contributed by atoms with van der Waals surface area (Å²) in [5, 5.41) is 3.16. The second-order valence-electron chi connectivity index (χ2n) is 3.59. The molecule has 2 rings (SSSR count). The van der Waals surface area contributed by atoms with Crippen molar-refractivity contribution in [2.75, 3.05) is 18.1 Å². The van der Waals surface area contributed by atoms with Gasteiger partial charge in [-0.25, -0.2) is 8.42 Å². The van der Waals surface area contributed by atoms with Crippen LogP contribution < -0.4 is 5.32 Å². The average molecular weight is 248 g/mol. The van der Waals surface area contributed by atoms with Crippen LogP contribution in [0.15, 0.2) is 23.1 Å². The van der Waals surface area contributed by atoms with E-state index in [0.717, 1.165) is 30.6 Å². The summed E-state index contributed by atoms with van der Waals surface area (Å²) in [5.74, 6) is 0. The van der Waals surface area contributed by atoms with Gasteiger partial charge in [0.15, 0.2) is 9.84 Å². The van der Waals surface area contributed by atoms with E-state index < -0.39 is 9.84 Å². The first-order valence-corrected chi connectivity index (χ1v) is 6.54. The van der Waals surface area contributed by atoms with Crippen LogP contribution in [0.25, 0.3) is 0 Å². The third kappa shape index (κ3) is 2.44. The Labute approximate surface area is 96.2 Å². The Morgan fingerprint density at radius 2 is 2.07 bits per heavy atom. The average Bonchev–Trinajstić information content (AvgIpc) is 2.15. The van der Waals surface area contributed by atoms with Crippen molar-refractivity contribution in [1.29, 1.82) is 0 Å². The Kier molecular flexibility index (Phi) is 3.62. The first-order valence-electron chi connectivity index (χ1n) is 4.65. The number of nitrogens with one attached hydrogen (secondary N) is 1. The lowest BCUT2D eigenvalue weighted by Crippen LogP contribution is -2.15. The molecule has 15 heavy (non-hydrogen) atoms. The second kappa shape index (κ2) is 4.41. The molecule has 1 aliphatic rings. The van der Waals surface area contributed by atoms with Crippen LogP contribution in [0, 0.1) is 0 Å². The number of hydrogen-bond acceptors (Lipinski definition) is 3. The van der Waals surface area contributed by atoms with E-state index >= 15 is 0 Å². The molecule has 0 spiro atoms. The number of fused-ring (bicyclic) bond motifs is 1. The molecule has 1 heterocycles. The van der Waals surface area contributed by atoms with Crippen LogP contribution in [-0.4, -0.2) is 21.2 Å². The number of para-hydroxylation sites is 1. The third-order valence-corrected chi connectivity index (χ3v) is 3.58. The SMILES string of the molecule is CS(=O)(=O)c1cccc2c1NCCC2.Cl. The van der Waals surface area contributed by atoms with E-state index in [-0.39, 0.29) is 12.4 Å². The number of rotatable bonds is 1. The van der Waals surface area contributed by atoms with E-state index in [0.29, 0.717) is 4.90 Å². The van der Waals surface area contributed by atoms with Gasteiger partial charge >= 0.3 is 0 Å². The van der Waals surface area contributed by atoms with Gasteiger partial charge in [-0.05, 0) is 24.5 Å². The molecular formula is C10H14ClNO2S. The lowest BCUT2D eigenvalue weighted by molar-refractivity contribution is 0.601. The van der Waals surface area contributed by atoms with E-state index in [2.05, 4.69) is 5.32 Å². The first-order chi connectivity index (χ1) is 6.59. The zero-order valence-electron chi connectivity index (χ0n) is 8.49. The number of hydrogen-bond donors (Lipinski definition) is 1. The summed E-state index contributed by atoms with van der Waals surface area (Å²) in [5.41, 5.74) is 1.92. The van der Waals surface area contributed by atoms with Crippen LogP contribution in [0.3, 0.4) is 0 Å². The predicted octanol–water partition coefficient (Wildman–Crippen LogP) is 1.87. The Hall–Kier alpha value is -0.740. The normalized spacial score (nSPS) is 14.7. The number of halogens is 1. The fourth-order valence-corrected chi connectivity index (χ4v) is 2.69. The van der Waals surface area contributed by atoms with E-state index in [1.54, 1.807) is 6.07 Å². The zero-order valence-corrected chi connectivity index (χ0v) is 10.1. The van der Waals surface area contributed by atoms with Gasteiger partial charge in [-0.2, -0.15) is 0 Å². The quantitative estimate of drug-likeness (QED) is 0.824. The topological polar surface area (TPSA) is 46.2 Å². The van der Waals surface area contributed by atoms with Crippen molar-refractivity contribution < 1.29 is 8.42 Å². The van der Waals surface area contributed by atoms with Crippen LogP contribution in [0.4, 0.5) is 5.69 Å². The fourth-order valence-electron chi connectivity index (χ4n) is 1.79. The highest BCUT2D eigenvalue weighted by molar-refractivity contribution is 7.90. The molecule has 0 amide bonds. The summed E-state index contributed by atoms with van der Waals surface area (Å²) in [7, 11) is -3.11. The Bertz CT molecular complexity index is 456. The van der Waals surface area contributed by atoms with Gasteiger partial charge in [0.05, 0.1) is 10.6 Å². The van der Waals surface area contributed by atoms with Gasteiger partial charge in [0.2, 0.25) is 0 Å². The van der Waals surface area contributed by atoms with Crippen LogP contribution in [0.2, 0.25) is 0 Å². The molecule has 0 atom stereocenters.